The van der Waals surface area contributed by atoms with Gasteiger partial charge in [-0.25, -0.2) is 4.98 Å². The summed E-state index contributed by atoms with van der Waals surface area (Å²) in [6.07, 6.45) is 3.02. The van der Waals surface area contributed by atoms with E-state index >= 15 is 0 Å². The highest BCUT2D eigenvalue weighted by Crippen LogP contribution is 2.20. The molecule has 0 aliphatic heterocycles. The summed E-state index contributed by atoms with van der Waals surface area (Å²) in [7, 11) is 0. The molecule has 0 atom stereocenters. The van der Waals surface area contributed by atoms with Crippen LogP contribution in [0.4, 0.5) is 0 Å². The third-order valence-corrected chi connectivity index (χ3v) is 4.98. The number of carbonyl (C=O) groups is 1. The van der Waals surface area contributed by atoms with Crippen LogP contribution in [0.25, 0.3) is 11.1 Å². The maximum Gasteiger partial charge on any atom is 0.251 e. The largest absolute Gasteiger partial charge is 0.440 e. The van der Waals surface area contributed by atoms with Crippen LogP contribution in [0.5, 0.6) is 0 Å². The fourth-order valence-electron chi connectivity index (χ4n) is 3.15. The lowest BCUT2D eigenvalue weighted by Gasteiger charge is -2.06. The second kappa shape index (κ2) is 8.45. The van der Waals surface area contributed by atoms with Crippen LogP contribution in [-0.2, 0) is 12.8 Å². The van der Waals surface area contributed by atoms with Crippen molar-refractivity contribution in [3.63, 3.8) is 0 Å². The van der Waals surface area contributed by atoms with Gasteiger partial charge >= 0.3 is 0 Å². The molecule has 1 N–H and O–H groups in total. The van der Waals surface area contributed by atoms with Gasteiger partial charge < -0.3 is 9.73 Å². The lowest BCUT2D eigenvalue weighted by Crippen LogP contribution is -2.26. The maximum absolute atomic E-state index is 12.5. The summed E-state index contributed by atoms with van der Waals surface area (Å²) in [5.74, 6) is 0.466. The van der Waals surface area contributed by atoms with Crippen LogP contribution >= 0.6 is 11.6 Å². The molecule has 0 fully saturated rings. The van der Waals surface area contributed by atoms with Gasteiger partial charge in [0.15, 0.2) is 11.5 Å². The average molecular weight is 406 g/mol. The number of benzene rings is 2. The van der Waals surface area contributed by atoms with E-state index in [1.807, 2.05) is 43.3 Å². The minimum Gasteiger partial charge on any atom is -0.440 e. The Balaban J connectivity index is 1.42. The van der Waals surface area contributed by atoms with E-state index in [0.717, 1.165) is 16.8 Å². The number of rotatable bonds is 6. The lowest BCUT2D eigenvalue weighted by molar-refractivity contribution is 0.0954. The van der Waals surface area contributed by atoms with E-state index in [0.29, 0.717) is 47.0 Å². The van der Waals surface area contributed by atoms with Crippen LogP contribution in [0.1, 0.15) is 33.1 Å². The summed E-state index contributed by atoms with van der Waals surface area (Å²) < 4.78 is 5.81. The summed E-state index contributed by atoms with van der Waals surface area (Å²) in [6.45, 7) is 2.54. The number of pyridine rings is 1. The first-order chi connectivity index (χ1) is 14.1. The molecule has 5 nitrogen and oxygen atoms in total. The molecule has 0 saturated carbocycles. The Hall–Kier alpha value is -3.18. The summed E-state index contributed by atoms with van der Waals surface area (Å²) >= 11 is 5.92. The van der Waals surface area contributed by atoms with Crippen molar-refractivity contribution in [3.05, 3.63) is 94.1 Å². The summed E-state index contributed by atoms with van der Waals surface area (Å²) in [6, 6.07) is 16.8. The van der Waals surface area contributed by atoms with E-state index in [2.05, 4.69) is 15.3 Å². The van der Waals surface area contributed by atoms with Gasteiger partial charge in [-0.15, -0.1) is 0 Å². The topological polar surface area (TPSA) is 68.0 Å². The van der Waals surface area contributed by atoms with Gasteiger partial charge in [0.05, 0.1) is 0 Å². The number of fused-ring (bicyclic) bond motifs is 1. The monoisotopic (exact) mass is 405 g/mol. The van der Waals surface area contributed by atoms with Crippen molar-refractivity contribution in [3.8, 4) is 0 Å². The van der Waals surface area contributed by atoms with Crippen LogP contribution in [0, 0.1) is 6.92 Å². The molecule has 146 valence electrons. The first-order valence-corrected chi connectivity index (χ1v) is 9.79. The SMILES string of the molecule is Cc1cccnc1CCNC(=O)c1ccc2oc(Cc3ccc(Cl)cc3)nc2c1. The van der Waals surface area contributed by atoms with Crippen molar-refractivity contribution >= 4 is 28.6 Å². The van der Waals surface area contributed by atoms with Crippen LogP contribution < -0.4 is 5.32 Å². The number of nitrogens with one attached hydrogen (secondary N) is 1. The van der Waals surface area contributed by atoms with Crippen molar-refractivity contribution in [1.29, 1.82) is 0 Å². The van der Waals surface area contributed by atoms with Gasteiger partial charge in [0.1, 0.15) is 5.52 Å². The Labute approximate surface area is 173 Å². The van der Waals surface area contributed by atoms with Gasteiger partial charge in [0.2, 0.25) is 0 Å². The number of oxazole rings is 1. The smallest absolute Gasteiger partial charge is 0.251 e. The van der Waals surface area contributed by atoms with Gasteiger partial charge in [-0.2, -0.15) is 0 Å². The lowest BCUT2D eigenvalue weighted by atomic mass is 10.1. The van der Waals surface area contributed by atoms with E-state index in [1.165, 1.54) is 0 Å². The Kier molecular flexibility index (Phi) is 5.58. The minimum atomic E-state index is -0.136. The molecule has 0 aliphatic rings. The molecule has 4 rings (SSSR count). The van der Waals surface area contributed by atoms with E-state index in [-0.39, 0.29) is 5.91 Å². The first kappa shape index (κ1) is 19.2. The molecule has 0 aliphatic carbocycles. The van der Waals surface area contributed by atoms with Gasteiger partial charge in [-0.1, -0.05) is 29.8 Å². The quantitative estimate of drug-likeness (QED) is 0.502. The molecule has 2 aromatic carbocycles. The van der Waals surface area contributed by atoms with E-state index in [4.69, 9.17) is 16.0 Å². The second-order valence-electron chi connectivity index (χ2n) is 6.87. The Morgan fingerprint density at radius 1 is 1.14 bits per heavy atom. The second-order valence-corrected chi connectivity index (χ2v) is 7.30. The molecule has 2 heterocycles. The van der Waals surface area contributed by atoms with E-state index in [9.17, 15) is 4.79 Å². The normalized spacial score (nSPS) is 11.0. The van der Waals surface area contributed by atoms with Crippen LogP contribution in [0.2, 0.25) is 5.02 Å². The minimum absolute atomic E-state index is 0.136. The fourth-order valence-corrected chi connectivity index (χ4v) is 3.27. The number of amides is 1. The number of nitrogens with zero attached hydrogens (tertiary/aromatic N) is 2. The predicted octanol–water partition coefficient (Wildman–Crippen LogP) is 4.75. The molecular formula is C23H20ClN3O2. The van der Waals surface area contributed by atoms with E-state index < -0.39 is 0 Å². The van der Waals surface area contributed by atoms with Crippen LogP contribution in [0.15, 0.2) is 65.2 Å². The van der Waals surface area contributed by atoms with Crippen molar-refractivity contribution in [1.82, 2.24) is 15.3 Å². The van der Waals surface area contributed by atoms with Crippen molar-refractivity contribution < 1.29 is 9.21 Å². The van der Waals surface area contributed by atoms with Gasteiger partial charge in [-0.05, 0) is 54.4 Å². The Bertz CT molecular complexity index is 1150. The molecule has 4 aromatic rings. The third kappa shape index (κ3) is 4.63. The van der Waals surface area contributed by atoms with Crippen LogP contribution in [-0.4, -0.2) is 22.4 Å². The molecule has 0 radical (unpaired) electrons. The van der Waals surface area contributed by atoms with Gasteiger partial charge in [-0.3, -0.25) is 9.78 Å². The Morgan fingerprint density at radius 2 is 1.97 bits per heavy atom. The van der Waals surface area contributed by atoms with Gasteiger partial charge in [0.25, 0.3) is 5.91 Å². The highest BCUT2D eigenvalue weighted by molar-refractivity contribution is 6.30. The molecule has 0 spiro atoms. The highest BCUT2D eigenvalue weighted by atomic mass is 35.5. The Morgan fingerprint density at radius 3 is 2.76 bits per heavy atom. The standard InChI is InChI=1S/C23H20ClN3O2/c1-15-3-2-11-25-19(15)10-12-26-23(28)17-6-9-21-20(14-17)27-22(29-21)13-16-4-7-18(24)8-5-16/h2-9,11,14H,10,12-13H2,1H3,(H,26,28). The highest BCUT2D eigenvalue weighted by Gasteiger charge is 2.11. The van der Waals surface area contributed by atoms with Gasteiger partial charge in [0, 0.05) is 41.9 Å². The molecule has 6 heteroatoms. The predicted molar refractivity (Wildman–Crippen MR) is 113 cm³/mol. The average Bonchev–Trinajstić information content (AvgIpc) is 3.12. The molecular weight excluding hydrogens is 386 g/mol. The number of carbonyl (C=O) groups excluding carboxylic acids is 1. The fraction of sp³-hybridized carbons (Fsp3) is 0.174. The van der Waals surface area contributed by atoms with Crippen molar-refractivity contribution in [2.45, 2.75) is 19.8 Å². The zero-order valence-electron chi connectivity index (χ0n) is 16.0. The van der Waals surface area contributed by atoms with Crippen LogP contribution in [0.3, 0.4) is 0 Å². The number of halogens is 1. The maximum atomic E-state index is 12.5. The molecule has 2 aromatic heterocycles. The number of hydrogen-bond acceptors (Lipinski definition) is 4. The molecule has 29 heavy (non-hydrogen) atoms. The number of aryl methyl sites for hydroxylation is 1. The zero-order chi connectivity index (χ0) is 20.2. The molecule has 0 unspecified atom stereocenters. The molecule has 0 bridgehead atoms. The number of aromatic nitrogens is 2. The summed E-state index contributed by atoms with van der Waals surface area (Å²) in [5.41, 5.74) is 5.06. The van der Waals surface area contributed by atoms with Crippen molar-refractivity contribution in [2.24, 2.45) is 0 Å². The third-order valence-electron chi connectivity index (χ3n) is 4.73. The first-order valence-electron chi connectivity index (χ1n) is 9.41. The summed E-state index contributed by atoms with van der Waals surface area (Å²) in [5, 5.41) is 3.64. The molecule has 1 amide bonds. The zero-order valence-corrected chi connectivity index (χ0v) is 16.7. The van der Waals surface area contributed by atoms with Crippen molar-refractivity contribution in [2.75, 3.05) is 6.54 Å². The van der Waals surface area contributed by atoms with E-state index in [1.54, 1.807) is 24.4 Å². The molecule has 0 saturated heterocycles. The summed E-state index contributed by atoms with van der Waals surface area (Å²) in [4.78, 5) is 21.4. The number of hydrogen-bond donors (Lipinski definition) is 1.